The Kier molecular flexibility index (Phi) is 4.50. The largest absolute Gasteiger partial charge is 0.384 e. The summed E-state index contributed by atoms with van der Waals surface area (Å²) in [5, 5.41) is 9.31. The first kappa shape index (κ1) is 14.0. The van der Waals surface area contributed by atoms with Crippen LogP contribution in [0.4, 0.5) is 0 Å². The van der Waals surface area contributed by atoms with Gasteiger partial charge < -0.3 is 10.0 Å². The van der Waals surface area contributed by atoms with E-state index in [0.29, 0.717) is 13.1 Å². The van der Waals surface area contributed by atoms with Crippen LogP contribution in [0.1, 0.15) is 25.6 Å². The molecule has 0 aliphatic carbocycles. The van der Waals surface area contributed by atoms with Crippen molar-refractivity contribution in [1.29, 1.82) is 0 Å². The molecule has 0 bridgehead atoms. The number of hydrogen-bond acceptors (Lipinski definition) is 4. The van der Waals surface area contributed by atoms with E-state index in [4.69, 9.17) is 0 Å². The molecule has 1 saturated heterocycles. The lowest BCUT2D eigenvalue weighted by molar-refractivity contribution is -0.141. The van der Waals surface area contributed by atoms with Crippen molar-refractivity contribution in [3.05, 3.63) is 30.1 Å². The number of rotatable bonds is 3. The third-order valence-electron chi connectivity index (χ3n) is 3.65. The molecule has 0 aromatic carbocycles. The van der Waals surface area contributed by atoms with Crippen LogP contribution in [0, 0.1) is 0 Å². The SMILES string of the molecule is CC(O)C(=O)N1CCN(C(C)c2ccccn2)CC1. The van der Waals surface area contributed by atoms with Crippen LogP contribution in [0.2, 0.25) is 0 Å². The minimum atomic E-state index is -0.903. The van der Waals surface area contributed by atoms with Gasteiger partial charge in [0.05, 0.1) is 5.69 Å². The average Bonchev–Trinajstić information content (AvgIpc) is 2.46. The van der Waals surface area contributed by atoms with Crippen molar-refractivity contribution in [3.63, 3.8) is 0 Å². The molecule has 0 radical (unpaired) electrons. The van der Waals surface area contributed by atoms with E-state index in [1.54, 1.807) is 11.1 Å². The second kappa shape index (κ2) is 6.12. The van der Waals surface area contributed by atoms with Crippen LogP contribution in [-0.4, -0.2) is 58.1 Å². The normalized spacial score (nSPS) is 20.1. The Bertz CT molecular complexity index is 414. The van der Waals surface area contributed by atoms with Gasteiger partial charge >= 0.3 is 0 Å². The van der Waals surface area contributed by atoms with Crippen molar-refractivity contribution in [2.75, 3.05) is 26.2 Å². The quantitative estimate of drug-likeness (QED) is 0.871. The molecule has 104 valence electrons. The molecule has 1 fully saturated rings. The van der Waals surface area contributed by atoms with E-state index >= 15 is 0 Å². The molecule has 5 heteroatoms. The van der Waals surface area contributed by atoms with Crippen molar-refractivity contribution in [3.8, 4) is 0 Å². The summed E-state index contributed by atoms with van der Waals surface area (Å²) >= 11 is 0. The smallest absolute Gasteiger partial charge is 0.251 e. The number of hydrogen-bond donors (Lipinski definition) is 1. The van der Waals surface area contributed by atoms with Gasteiger partial charge in [-0.1, -0.05) is 6.07 Å². The number of carbonyl (C=O) groups is 1. The highest BCUT2D eigenvalue weighted by molar-refractivity contribution is 5.80. The summed E-state index contributed by atoms with van der Waals surface area (Å²) in [7, 11) is 0. The van der Waals surface area contributed by atoms with Gasteiger partial charge in [0.2, 0.25) is 0 Å². The van der Waals surface area contributed by atoms with Gasteiger partial charge in [0.1, 0.15) is 6.10 Å². The maximum Gasteiger partial charge on any atom is 0.251 e. The van der Waals surface area contributed by atoms with E-state index in [-0.39, 0.29) is 11.9 Å². The molecular formula is C14H21N3O2. The maximum absolute atomic E-state index is 11.7. The molecule has 1 N–H and O–H groups in total. The van der Waals surface area contributed by atoms with E-state index in [1.807, 2.05) is 18.2 Å². The first-order valence-electron chi connectivity index (χ1n) is 6.71. The van der Waals surface area contributed by atoms with Gasteiger partial charge in [-0.05, 0) is 26.0 Å². The summed E-state index contributed by atoms with van der Waals surface area (Å²) in [5.41, 5.74) is 1.05. The van der Waals surface area contributed by atoms with E-state index in [1.165, 1.54) is 6.92 Å². The highest BCUT2D eigenvalue weighted by atomic mass is 16.3. The molecule has 1 aromatic rings. The van der Waals surface area contributed by atoms with E-state index in [0.717, 1.165) is 18.8 Å². The Morgan fingerprint density at radius 2 is 1.95 bits per heavy atom. The first-order valence-corrected chi connectivity index (χ1v) is 6.71. The summed E-state index contributed by atoms with van der Waals surface area (Å²) in [4.78, 5) is 20.1. The Balaban J connectivity index is 1.91. The summed E-state index contributed by atoms with van der Waals surface area (Å²) in [6.07, 6.45) is 0.902. The third kappa shape index (κ3) is 3.30. The number of aliphatic hydroxyl groups is 1. The molecule has 19 heavy (non-hydrogen) atoms. The van der Waals surface area contributed by atoms with Gasteiger partial charge in [-0.25, -0.2) is 0 Å². The van der Waals surface area contributed by atoms with E-state index in [2.05, 4.69) is 16.8 Å². The number of piperazine rings is 1. The highest BCUT2D eigenvalue weighted by Gasteiger charge is 2.26. The number of carbonyl (C=O) groups excluding carboxylic acids is 1. The minimum Gasteiger partial charge on any atom is -0.384 e. The fourth-order valence-corrected chi connectivity index (χ4v) is 2.40. The summed E-state index contributed by atoms with van der Waals surface area (Å²) in [6, 6.07) is 6.18. The highest BCUT2D eigenvalue weighted by Crippen LogP contribution is 2.19. The Labute approximate surface area is 113 Å². The molecule has 0 saturated carbocycles. The molecule has 5 nitrogen and oxygen atoms in total. The molecule has 1 aliphatic heterocycles. The molecule has 0 spiro atoms. The Hall–Kier alpha value is -1.46. The zero-order valence-corrected chi connectivity index (χ0v) is 11.5. The maximum atomic E-state index is 11.7. The standard InChI is InChI=1S/C14H21N3O2/c1-11(13-5-3-4-6-15-13)16-7-9-17(10-8-16)14(19)12(2)18/h3-6,11-12,18H,7-10H2,1-2H3. The van der Waals surface area contributed by atoms with Gasteiger partial charge in [-0.15, -0.1) is 0 Å². The minimum absolute atomic E-state index is 0.176. The topological polar surface area (TPSA) is 56.7 Å². The monoisotopic (exact) mass is 263 g/mol. The number of pyridine rings is 1. The second-order valence-corrected chi connectivity index (χ2v) is 4.97. The number of amides is 1. The third-order valence-corrected chi connectivity index (χ3v) is 3.65. The summed E-state index contributed by atoms with van der Waals surface area (Å²) in [6.45, 7) is 6.62. The molecule has 2 rings (SSSR count). The molecule has 1 amide bonds. The average molecular weight is 263 g/mol. The van der Waals surface area contributed by atoms with Crippen molar-refractivity contribution in [2.45, 2.75) is 26.0 Å². The molecule has 2 atom stereocenters. The van der Waals surface area contributed by atoms with Crippen molar-refractivity contribution >= 4 is 5.91 Å². The molecule has 1 aromatic heterocycles. The zero-order chi connectivity index (χ0) is 13.8. The lowest BCUT2D eigenvalue weighted by atomic mass is 10.1. The van der Waals surface area contributed by atoms with Crippen LogP contribution in [0.3, 0.4) is 0 Å². The predicted molar refractivity (Wildman–Crippen MR) is 72.5 cm³/mol. The first-order chi connectivity index (χ1) is 9.09. The van der Waals surface area contributed by atoms with Crippen LogP contribution < -0.4 is 0 Å². The van der Waals surface area contributed by atoms with Gasteiger partial charge in [0.15, 0.2) is 0 Å². The van der Waals surface area contributed by atoms with Crippen LogP contribution in [-0.2, 0) is 4.79 Å². The predicted octanol–water partition coefficient (Wildman–Crippen LogP) is 0.668. The number of nitrogens with zero attached hydrogens (tertiary/aromatic N) is 3. The van der Waals surface area contributed by atoms with Crippen LogP contribution in [0.25, 0.3) is 0 Å². The van der Waals surface area contributed by atoms with Crippen LogP contribution in [0.5, 0.6) is 0 Å². The lowest BCUT2D eigenvalue weighted by Gasteiger charge is -2.38. The van der Waals surface area contributed by atoms with Crippen LogP contribution >= 0.6 is 0 Å². The number of aromatic nitrogens is 1. The summed E-state index contributed by atoms with van der Waals surface area (Å²) < 4.78 is 0. The van der Waals surface area contributed by atoms with Crippen molar-refractivity contribution in [1.82, 2.24) is 14.8 Å². The lowest BCUT2D eigenvalue weighted by Crippen LogP contribution is -2.51. The zero-order valence-electron chi connectivity index (χ0n) is 11.5. The summed E-state index contributed by atoms with van der Waals surface area (Å²) in [5.74, 6) is -0.176. The molecule has 1 aliphatic rings. The molecular weight excluding hydrogens is 242 g/mol. The fourth-order valence-electron chi connectivity index (χ4n) is 2.40. The van der Waals surface area contributed by atoms with E-state index in [9.17, 15) is 9.90 Å². The Morgan fingerprint density at radius 3 is 2.47 bits per heavy atom. The van der Waals surface area contributed by atoms with Gasteiger partial charge in [0.25, 0.3) is 5.91 Å². The fraction of sp³-hybridized carbons (Fsp3) is 0.571. The Morgan fingerprint density at radius 1 is 1.26 bits per heavy atom. The van der Waals surface area contributed by atoms with Gasteiger partial charge in [-0.3, -0.25) is 14.7 Å². The van der Waals surface area contributed by atoms with Gasteiger partial charge in [0, 0.05) is 38.4 Å². The van der Waals surface area contributed by atoms with E-state index < -0.39 is 6.10 Å². The van der Waals surface area contributed by atoms with Crippen molar-refractivity contribution in [2.24, 2.45) is 0 Å². The van der Waals surface area contributed by atoms with Crippen LogP contribution in [0.15, 0.2) is 24.4 Å². The van der Waals surface area contributed by atoms with Crippen molar-refractivity contribution < 1.29 is 9.90 Å². The second-order valence-electron chi connectivity index (χ2n) is 4.97. The molecule has 2 heterocycles. The molecule has 2 unspecified atom stereocenters. The van der Waals surface area contributed by atoms with Gasteiger partial charge in [-0.2, -0.15) is 0 Å². The number of aliphatic hydroxyl groups excluding tert-OH is 1.